The molecule has 18 heavy (non-hydrogen) atoms. The summed E-state index contributed by atoms with van der Waals surface area (Å²) in [7, 11) is 0. The number of hydrogen-bond donors (Lipinski definition) is 0. The maximum absolute atomic E-state index is 12.3. The molecular formula is C6HF11O. The molecule has 0 atom stereocenters. The van der Waals surface area contributed by atoms with Crippen LogP contribution < -0.4 is 0 Å². The van der Waals surface area contributed by atoms with Gasteiger partial charge in [-0.15, -0.1) is 0 Å². The standard InChI is InChI=1S/C6HF11O/c7-2(8,1-18)3(9,10)4(11,12)5(13,14)6(15,16)17/h1H. The number of aldehydes is 1. The lowest BCUT2D eigenvalue weighted by Gasteiger charge is -2.35. The van der Waals surface area contributed by atoms with Gasteiger partial charge in [0.15, 0.2) is 6.29 Å². The van der Waals surface area contributed by atoms with Crippen LogP contribution in [0.5, 0.6) is 0 Å². The van der Waals surface area contributed by atoms with E-state index >= 15 is 0 Å². The zero-order valence-corrected chi connectivity index (χ0v) is 7.64. The molecule has 0 heterocycles. The minimum Gasteiger partial charge on any atom is -0.296 e. The smallest absolute Gasteiger partial charge is 0.296 e. The third-order valence-electron chi connectivity index (χ3n) is 1.71. The summed E-state index contributed by atoms with van der Waals surface area (Å²) in [4.78, 5) is 9.41. The van der Waals surface area contributed by atoms with Crippen LogP contribution in [-0.4, -0.2) is 36.2 Å². The Labute approximate surface area is 90.5 Å². The lowest BCUT2D eigenvalue weighted by Crippen LogP contribution is -2.66. The molecule has 0 amide bonds. The summed E-state index contributed by atoms with van der Waals surface area (Å²) in [6.45, 7) is 0. The van der Waals surface area contributed by atoms with E-state index in [1.807, 2.05) is 0 Å². The number of alkyl halides is 11. The molecule has 0 radical (unpaired) electrons. The van der Waals surface area contributed by atoms with Gasteiger partial charge in [-0.1, -0.05) is 0 Å². The first kappa shape index (κ1) is 16.9. The van der Waals surface area contributed by atoms with Crippen LogP contribution in [0.15, 0.2) is 0 Å². The highest BCUT2D eigenvalue weighted by molar-refractivity contribution is 5.62. The summed E-state index contributed by atoms with van der Waals surface area (Å²) in [5, 5.41) is 0. The summed E-state index contributed by atoms with van der Waals surface area (Å²) in [6.07, 6.45) is -9.35. The SMILES string of the molecule is O=CC(F)(F)C(F)(F)C(F)(F)C(F)(F)C(F)(F)F. The van der Waals surface area contributed by atoms with Crippen molar-refractivity contribution in [3.8, 4) is 0 Å². The van der Waals surface area contributed by atoms with Crippen molar-refractivity contribution in [2.45, 2.75) is 29.9 Å². The van der Waals surface area contributed by atoms with Crippen molar-refractivity contribution in [3.63, 3.8) is 0 Å². The lowest BCUT2D eigenvalue weighted by atomic mass is 9.99. The van der Waals surface area contributed by atoms with Crippen LogP contribution in [-0.2, 0) is 4.79 Å². The normalized spacial score (nSPS) is 15.7. The van der Waals surface area contributed by atoms with Crippen LogP contribution in [0.1, 0.15) is 0 Å². The van der Waals surface area contributed by atoms with Gasteiger partial charge in [0.1, 0.15) is 0 Å². The van der Waals surface area contributed by atoms with E-state index < -0.39 is 36.2 Å². The number of rotatable bonds is 4. The Balaban J connectivity index is 5.87. The highest BCUT2D eigenvalue weighted by Crippen LogP contribution is 2.56. The molecule has 0 unspecified atom stereocenters. The van der Waals surface area contributed by atoms with Crippen LogP contribution in [0, 0.1) is 0 Å². The van der Waals surface area contributed by atoms with E-state index in [2.05, 4.69) is 0 Å². The van der Waals surface area contributed by atoms with Gasteiger partial charge in [0.05, 0.1) is 0 Å². The molecule has 0 aromatic heterocycles. The van der Waals surface area contributed by atoms with Crippen LogP contribution in [0.25, 0.3) is 0 Å². The Morgan fingerprint density at radius 1 is 0.556 bits per heavy atom. The van der Waals surface area contributed by atoms with Gasteiger partial charge in [-0.05, 0) is 0 Å². The zero-order valence-electron chi connectivity index (χ0n) is 7.64. The average Bonchev–Trinajstić information content (AvgIpc) is 2.15. The quantitative estimate of drug-likeness (QED) is 0.575. The second kappa shape index (κ2) is 3.95. The van der Waals surface area contributed by atoms with E-state index in [4.69, 9.17) is 0 Å². The van der Waals surface area contributed by atoms with Crippen molar-refractivity contribution < 1.29 is 53.1 Å². The van der Waals surface area contributed by atoms with Gasteiger partial charge in [-0.25, -0.2) is 0 Å². The van der Waals surface area contributed by atoms with E-state index in [0.29, 0.717) is 0 Å². The number of halogens is 11. The Bertz CT molecular complexity index is 327. The maximum atomic E-state index is 12.3. The fourth-order valence-corrected chi connectivity index (χ4v) is 0.659. The maximum Gasteiger partial charge on any atom is 0.460 e. The number of carbonyl (C=O) groups is 1. The predicted molar refractivity (Wildman–Crippen MR) is 31.9 cm³/mol. The van der Waals surface area contributed by atoms with E-state index in [-0.39, 0.29) is 0 Å². The summed E-state index contributed by atoms with van der Waals surface area (Å²) in [5.74, 6) is -28.6. The molecule has 0 rings (SSSR count). The molecule has 0 aromatic rings. The first-order valence-electron chi connectivity index (χ1n) is 3.60. The molecule has 0 aliphatic carbocycles. The van der Waals surface area contributed by atoms with Gasteiger partial charge in [0.2, 0.25) is 0 Å². The van der Waals surface area contributed by atoms with Crippen molar-refractivity contribution in [1.82, 2.24) is 0 Å². The highest BCUT2D eigenvalue weighted by atomic mass is 19.4. The van der Waals surface area contributed by atoms with E-state index in [1.54, 1.807) is 0 Å². The van der Waals surface area contributed by atoms with Crippen molar-refractivity contribution in [1.29, 1.82) is 0 Å². The molecular weight excluding hydrogens is 297 g/mol. The Hall–Kier alpha value is -1.10. The molecule has 108 valence electrons. The van der Waals surface area contributed by atoms with Gasteiger partial charge < -0.3 is 0 Å². The summed E-state index contributed by atoms with van der Waals surface area (Å²) >= 11 is 0. The molecule has 0 aromatic carbocycles. The molecule has 12 heteroatoms. The fraction of sp³-hybridized carbons (Fsp3) is 0.833. The molecule has 0 bridgehead atoms. The van der Waals surface area contributed by atoms with Crippen LogP contribution in [0.4, 0.5) is 48.3 Å². The first-order valence-corrected chi connectivity index (χ1v) is 3.60. The molecule has 0 saturated heterocycles. The molecule has 1 nitrogen and oxygen atoms in total. The van der Waals surface area contributed by atoms with Crippen molar-refractivity contribution in [2.75, 3.05) is 0 Å². The fourth-order valence-electron chi connectivity index (χ4n) is 0.659. The molecule has 0 saturated carbocycles. The predicted octanol–water partition coefficient (Wildman–Crippen LogP) is 3.29. The lowest BCUT2D eigenvalue weighted by molar-refractivity contribution is -0.416. The monoisotopic (exact) mass is 298 g/mol. The summed E-state index contributed by atoms with van der Waals surface area (Å²) < 4.78 is 132. The average molecular weight is 298 g/mol. The molecule has 0 spiro atoms. The van der Waals surface area contributed by atoms with Gasteiger partial charge in [0, 0.05) is 0 Å². The Morgan fingerprint density at radius 2 is 0.889 bits per heavy atom. The topological polar surface area (TPSA) is 17.1 Å². The molecule has 0 fully saturated rings. The first-order chi connectivity index (χ1) is 7.56. The van der Waals surface area contributed by atoms with Gasteiger partial charge in [-0.3, -0.25) is 4.79 Å². The van der Waals surface area contributed by atoms with E-state index in [9.17, 15) is 53.1 Å². The van der Waals surface area contributed by atoms with Crippen molar-refractivity contribution in [3.05, 3.63) is 0 Å². The number of hydrogen-bond acceptors (Lipinski definition) is 1. The van der Waals surface area contributed by atoms with Crippen molar-refractivity contribution >= 4 is 6.29 Å². The molecule has 0 aliphatic heterocycles. The largest absolute Gasteiger partial charge is 0.460 e. The minimum absolute atomic E-state index is 2.15. The summed E-state index contributed by atoms with van der Waals surface area (Å²) in [6, 6.07) is 0. The minimum atomic E-state index is -7.51. The van der Waals surface area contributed by atoms with Crippen LogP contribution in [0.3, 0.4) is 0 Å². The number of carbonyl (C=O) groups excluding carboxylic acids is 1. The molecule has 0 aliphatic rings. The third-order valence-corrected chi connectivity index (χ3v) is 1.71. The van der Waals surface area contributed by atoms with Crippen LogP contribution >= 0.6 is 0 Å². The van der Waals surface area contributed by atoms with Crippen LogP contribution in [0.2, 0.25) is 0 Å². The second-order valence-electron chi connectivity index (χ2n) is 2.96. The Morgan fingerprint density at radius 3 is 1.11 bits per heavy atom. The zero-order chi connectivity index (χ0) is 15.2. The van der Waals surface area contributed by atoms with Crippen molar-refractivity contribution in [2.24, 2.45) is 0 Å². The Kier molecular flexibility index (Phi) is 3.71. The van der Waals surface area contributed by atoms with Gasteiger partial charge in [0.25, 0.3) is 0 Å². The van der Waals surface area contributed by atoms with Gasteiger partial charge in [-0.2, -0.15) is 48.3 Å². The summed E-state index contributed by atoms with van der Waals surface area (Å²) in [5.41, 5.74) is 0. The highest BCUT2D eigenvalue weighted by Gasteiger charge is 2.87. The van der Waals surface area contributed by atoms with E-state index in [1.165, 1.54) is 0 Å². The second-order valence-corrected chi connectivity index (χ2v) is 2.96. The third kappa shape index (κ3) is 2.00. The van der Waals surface area contributed by atoms with Gasteiger partial charge >= 0.3 is 29.9 Å². The van der Waals surface area contributed by atoms with E-state index in [0.717, 1.165) is 0 Å². The molecule has 0 N–H and O–H groups in total.